The lowest BCUT2D eigenvalue weighted by atomic mass is 9.92. The summed E-state index contributed by atoms with van der Waals surface area (Å²) in [6.07, 6.45) is 4.14. The zero-order valence-electron chi connectivity index (χ0n) is 13.3. The monoisotopic (exact) mass is 335 g/mol. The maximum Gasteiger partial charge on any atom is 0.255 e. The number of aliphatic hydroxyl groups excluding tert-OH is 1. The minimum atomic E-state index is -0.777. The van der Waals surface area contributed by atoms with Crippen molar-refractivity contribution in [1.29, 1.82) is 0 Å². The van der Waals surface area contributed by atoms with E-state index in [2.05, 4.69) is 10.4 Å². The molecule has 0 aliphatic heterocycles. The van der Waals surface area contributed by atoms with Gasteiger partial charge in [-0.05, 0) is 25.0 Å². The van der Waals surface area contributed by atoms with E-state index in [4.69, 9.17) is 0 Å². The largest absolute Gasteiger partial charge is 0.391 e. The highest BCUT2D eigenvalue weighted by molar-refractivity contribution is 6.00. The Kier molecular flexibility index (Phi) is 4.62. The Labute approximate surface area is 138 Å². The van der Waals surface area contributed by atoms with Gasteiger partial charge in [0.05, 0.1) is 17.7 Å². The molecule has 1 fully saturated rings. The van der Waals surface area contributed by atoms with Crippen molar-refractivity contribution < 1.29 is 18.7 Å². The molecule has 0 bridgehead atoms. The fourth-order valence-corrected chi connectivity index (χ4v) is 3.06. The van der Waals surface area contributed by atoms with Crippen LogP contribution in [0.15, 0.2) is 24.4 Å². The Morgan fingerprint density at radius 1 is 1.33 bits per heavy atom. The van der Waals surface area contributed by atoms with Crippen LogP contribution in [0, 0.1) is 11.6 Å². The number of halogens is 2. The molecule has 0 saturated heterocycles. The Bertz CT molecular complexity index is 760. The van der Waals surface area contributed by atoms with Gasteiger partial charge in [0.25, 0.3) is 5.91 Å². The zero-order valence-corrected chi connectivity index (χ0v) is 13.3. The summed E-state index contributed by atoms with van der Waals surface area (Å²) in [7, 11) is 1.62. The molecule has 2 N–H and O–H groups in total. The van der Waals surface area contributed by atoms with Crippen molar-refractivity contribution in [3.8, 4) is 11.3 Å². The van der Waals surface area contributed by atoms with Crippen LogP contribution in [-0.4, -0.2) is 32.9 Å². The van der Waals surface area contributed by atoms with E-state index >= 15 is 0 Å². The van der Waals surface area contributed by atoms with Gasteiger partial charge in [0, 0.05) is 24.9 Å². The summed E-state index contributed by atoms with van der Waals surface area (Å²) in [6, 6.07) is 2.83. The maximum absolute atomic E-state index is 14.0. The summed E-state index contributed by atoms with van der Waals surface area (Å²) in [4.78, 5) is 12.6. The van der Waals surface area contributed by atoms with Gasteiger partial charge < -0.3 is 10.4 Å². The van der Waals surface area contributed by atoms with Crippen molar-refractivity contribution in [2.45, 2.75) is 37.8 Å². The van der Waals surface area contributed by atoms with Crippen molar-refractivity contribution in [3.05, 3.63) is 41.6 Å². The highest BCUT2D eigenvalue weighted by atomic mass is 19.1. The first kappa shape index (κ1) is 16.6. The average Bonchev–Trinajstić information content (AvgIpc) is 2.91. The number of carbonyl (C=O) groups excluding carboxylic acids is 1. The van der Waals surface area contributed by atoms with Crippen LogP contribution in [0.3, 0.4) is 0 Å². The first-order chi connectivity index (χ1) is 11.5. The van der Waals surface area contributed by atoms with Gasteiger partial charge in [-0.3, -0.25) is 9.48 Å². The first-order valence-corrected chi connectivity index (χ1v) is 7.93. The molecule has 7 heteroatoms. The van der Waals surface area contributed by atoms with Crippen molar-refractivity contribution in [3.63, 3.8) is 0 Å². The number of amides is 1. The number of hydrogen-bond acceptors (Lipinski definition) is 3. The second-order valence-electron chi connectivity index (χ2n) is 6.12. The van der Waals surface area contributed by atoms with Gasteiger partial charge in [0.2, 0.25) is 0 Å². The van der Waals surface area contributed by atoms with Gasteiger partial charge in [-0.1, -0.05) is 12.8 Å². The van der Waals surface area contributed by atoms with E-state index in [1.165, 1.54) is 16.9 Å². The van der Waals surface area contributed by atoms with Crippen LogP contribution in [0.1, 0.15) is 36.0 Å². The molecule has 1 heterocycles. The molecule has 1 aromatic carbocycles. The number of nitrogens with one attached hydrogen (secondary N) is 1. The van der Waals surface area contributed by atoms with Gasteiger partial charge in [0.1, 0.15) is 17.3 Å². The first-order valence-electron chi connectivity index (χ1n) is 7.93. The van der Waals surface area contributed by atoms with E-state index < -0.39 is 23.6 Å². The molecule has 1 aromatic heterocycles. The number of nitrogens with zero attached hydrogens (tertiary/aromatic N) is 2. The molecule has 1 saturated carbocycles. The molecule has 1 aliphatic carbocycles. The lowest BCUT2D eigenvalue weighted by molar-refractivity contribution is 0.0717. The highest BCUT2D eigenvalue weighted by Crippen LogP contribution is 2.26. The quantitative estimate of drug-likeness (QED) is 0.905. The summed E-state index contributed by atoms with van der Waals surface area (Å²) in [5, 5.41) is 16.9. The zero-order chi connectivity index (χ0) is 17.3. The van der Waals surface area contributed by atoms with Gasteiger partial charge >= 0.3 is 0 Å². The normalized spacial score (nSPS) is 20.8. The number of aromatic nitrogens is 2. The fourth-order valence-electron chi connectivity index (χ4n) is 3.06. The second kappa shape index (κ2) is 6.68. The van der Waals surface area contributed by atoms with E-state index in [9.17, 15) is 18.7 Å². The minimum Gasteiger partial charge on any atom is -0.391 e. The second-order valence-corrected chi connectivity index (χ2v) is 6.12. The molecular weight excluding hydrogens is 316 g/mol. The van der Waals surface area contributed by atoms with E-state index in [1.54, 1.807) is 7.05 Å². The number of aryl methyl sites for hydroxylation is 1. The van der Waals surface area contributed by atoms with Crippen molar-refractivity contribution in [2.75, 3.05) is 0 Å². The topological polar surface area (TPSA) is 67.2 Å². The molecule has 3 rings (SSSR count). The fraction of sp³-hybridized carbons (Fsp3) is 0.412. The smallest absolute Gasteiger partial charge is 0.255 e. The summed E-state index contributed by atoms with van der Waals surface area (Å²) in [5.41, 5.74) is 0.407. The van der Waals surface area contributed by atoms with E-state index in [1.807, 2.05) is 0 Å². The van der Waals surface area contributed by atoms with Gasteiger partial charge in [-0.2, -0.15) is 5.10 Å². The third-order valence-corrected chi connectivity index (χ3v) is 4.31. The molecule has 0 spiro atoms. The number of benzene rings is 1. The summed E-state index contributed by atoms with van der Waals surface area (Å²) in [5.74, 6) is -1.89. The standard InChI is InChI=1S/C17H19F2N3O2/c1-22-9-12(17(24)20-14-4-2-3-5-15(14)23)16(21-22)11-7-6-10(18)8-13(11)19/h6-9,14-15,23H,2-5H2,1H3,(H,20,24). The molecule has 5 nitrogen and oxygen atoms in total. The molecule has 2 aromatic rings. The summed E-state index contributed by atoms with van der Waals surface area (Å²) >= 11 is 0. The summed E-state index contributed by atoms with van der Waals surface area (Å²) < 4.78 is 28.6. The van der Waals surface area contributed by atoms with Crippen LogP contribution in [0.25, 0.3) is 11.3 Å². The molecule has 1 aliphatic rings. The Morgan fingerprint density at radius 2 is 2.08 bits per heavy atom. The van der Waals surface area contributed by atoms with E-state index in [0.717, 1.165) is 25.0 Å². The number of hydrogen-bond donors (Lipinski definition) is 2. The predicted molar refractivity (Wildman–Crippen MR) is 84.3 cm³/mol. The van der Waals surface area contributed by atoms with Crippen LogP contribution < -0.4 is 5.32 Å². The average molecular weight is 335 g/mol. The van der Waals surface area contributed by atoms with Crippen molar-refractivity contribution in [2.24, 2.45) is 7.05 Å². The molecule has 24 heavy (non-hydrogen) atoms. The molecule has 1 amide bonds. The molecule has 2 unspecified atom stereocenters. The van der Waals surface area contributed by atoms with Crippen molar-refractivity contribution in [1.82, 2.24) is 15.1 Å². The maximum atomic E-state index is 14.0. The van der Waals surface area contributed by atoms with Crippen LogP contribution in [0.2, 0.25) is 0 Å². The molecule has 128 valence electrons. The van der Waals surface area contributed by atoms with E-state index in [-0.39, 0.29) is 22.9 Å². The predicted octanol–water partition coefficient (Wildman–Crippen LogP) is 2.40. The third kappa shape index (κ3) is 3.31. The van der Waals surface area contributed by atoms with Crippen LogP contribution >= 0.6 is 0 Å². The van der Waals surface area contributed by atoms with E-state index in [0.29, 0.717) is 12.8 Å². The van der Waals surface area contributed by atoms with Crippen LogP contribution in [0.4, 0.5) is 8.78 Å². The molecular formula is C17H19F2N3O2. The SMILES string of the molecule is Cn1cc(C(=O)NC2CCCCC2O)c(-c2ccc(F)cc2F)n1. The highest BCUT2D eigenvalue weighted by Gasteiger charge is 2.27. The molecule has 0 radical (unpaired) electrons. The lowest BCUT2D eigenvalue weighted by Gasteiger charge is -2.28. The van der Waals surface area contributed by atoms with Gasteiger partial charge in [-0.25, -0.2) is 8.78 Å². The minimum absolute atomic E-state index is 0.0614. The number of rotatable bonds is 3. The number of aliphatic hydroxyl groups is 1. The van der Waals surface area contributed by atoms with Crippen LogP contribution in [-0.2, 0) is 7.05 Å². The summed E-state index contributed by atoms with van der Waals surface area (Å²) in [6.45, 7) is 0. The van der Waals surface area contributed by atoms with Crippen LogP contribution in [0.5, 0.6) is 0 Å². The molecule has 2 atom stereocenters. The Balaban J connectivity index is 1.89. The van der Waals surface area contributed by atoms with Gasteiger partial charge in [-0.15, -0.1) is 0 Å². The third-order valence-electron chi connectivity index (χ3n) is 4.31. The Morgan fingerprint density at radius 3 is 2.79 bits per heavy atom. The van der Waals surface area contributed by atoms with Crippen molar-refractivity contribution >= 4 is 5.91 Å². The Hall–Kier alpha value is -2.28. The number of carbonyl (C=O) groups is 1. The lowest BCUT2D eigenvalue weighted by Crippen LogP contribution is -2.45. The van der Waals surface area contributed by atoms with Gasteiger partial charge in [0.15, 0.2) is 0 Å².